The molecule has 0 saturated carbocycles. The van der Waals surface area contributed by atoms with Gasteiger partial charge in [0.05, 0.1) is 19.2 Å². The van der Waals surface area contributed by atoms with Gasteiger partial charge in [-0.05, 0) is 51.8 Å². The molecule has 132 valence electrons. The van der Waals surface area contributed by atoms with Gasteiger partial charge in [-0.15, -0.1) is 0 Å². The first-order valence-corrected chi connectivity index (χ1v) is 8.39. The van der Waals surface area contributed by atoms with E-state index in [1.165, 1.54) is 6.92 Å². The van der Waals surface area contributed by atoms with Crippen molar-refractivity contribution in [3.63, 3.8) is 0 Å². The van der Waals surface area contributed by atoms with Crippen LogP contribution in [0.4, 0.5) is 4.79 Å². The fraction of sp³-hybridized carbons (Fsp3) is 0.556. The molecule has 0 N–H and O–H groups in total. The van der Waals surface area contributed by atoms with Gasteiger partial charge in [0.1, 0.15) is 11.7 Å². The van der Waals surface area contributed by atoms with Crippen LogP contribution in [0.2, 0.25) is 5.02 Å². The van der Waals surface area contributed by atoms with E-state index in [-0.39, 0.29) is 18.4 Å². The molecule has 1 fully saturated rings. The number of carbonyl (C=O) groups is 2. The van der Waals surface area contributed by atoms with E-state index in [0.29, 0.717) is 18.1 Å². The Morgan fingerprint density at radius 3 is 2.46 bits per heavy atom. The van der Waals surface area contributed by atoms with Crippen LogP contribution in [0.3, 0.4) is 0 Å². The number of morpholine rings is 1. The minimum absolute atomic E-state index is 0.0894. The number of ketones is 1. The Bertz CT molecular complexity index is 594. The van der Waals surface area contributed by atoms with Gasteiger partial charge in [0.15, 0.2) is 5.78 Å². The lowest BCUT2D eigenvalue weighted by Crippen LogP contribution is -2.55. The van der Waals surface area contributed by atoms with E-state index in [2.05, 4.69) is 0 Å². The van der Waals surface area contributed by atoms with E-state index in [1.54, 1.807) is 4.90 Å². The number of halogens is 1. The summed E-state index contributed by atoms with van der Waals surface area (Å²) in [6.07, 6.45) is -0.406. The van der Waals surface area contributed by atoms with Crippen molar-refractivity contribution in [1.82, 2.24) is 4.90 Å². The third-order valence-electron chi connectivity index (χ3n) is 3.76. The molecule has 1 amide bonds. The van der Waals surface area contributed by atoms with Crippen LogP contribution in [-0.2, 0) is 20.7 Å². The van der Waals surface area contributed by atoms with Gasteiger partial charge in [0.25, 0.3) is 0 Å². The summed E-state index contributed by atoms with van der Waals surface area (Å²) < 4.78 is 11.1. The molecule has 1 aromatic rings. The Labute approximate surface area is 147 Å². The van der Waals surface area contributed by atoms with Gasteiger partial charge in [-0.1, -0.05) is 23.7 Å². The SMILES string of the molecule is CC(=O)[C@H]1CN(C(=O)OC(C)(C)C)C(Cc2ccc(Cl)cc2)CO1. The third-order valence-corrected chi connectivity index (χ3v) is 4.01. The zero-order chi connectivity index (χ0) is 17.9. The average molecular weight is 354 g/mol. The quantitative estimate of drug-likeness (QED) is 0.834. The van der Waals surface area contributed by atoms with Crippen LogP contribution in [0.25, 0.3) is 0 Å². The van der Waals surface area contributed by atoms with Crippen LogP contribution in [-0.4, -0.2) is 47.7 Å². The fourth-order valence-electron chi connectivity index (χ4n) is 2.55. The highest BCUT2D eigenvalue weighted by atomic mass is 35.5. The van der Waals surface area contributed by atoms with E-state index in [0.717, 1.165) is 5.56 Å². The number of ether oxygens (including phenoxy) is 2. The summed E-state index contributed by atoms with van der Waals surface area (Å²) in [7, 11) is 0. The van der Waals surface area contributed by atoms with Crippen LogP contribution in [0, 0.1) is 0 Å². The van der Waals surface area contributed by atoms with Crippen molar-refractivity contribution in [2.24, 2.45) is 0 Å². The second-order valence-corrected chi connectivity index (χ2v) is 7.49. The minimum atomic E-state index is -0.598. The van der Waals surface area contributed by atoms with Crippen molar-refractivity contribution in [3.05, 3.63) is 34.9 Å². The number of benzene rings is 1. The molecular weight excluding hydrogens is 330 g/mol. The normalized spacial score (nSPS) is 21.5. The summed E-state index contributed by atoms with van der Waals surface area (Å²) in [4.78, 5) is 25.8. The molecule has 1 aliphatic rings. The van der Waals surface area contributed by atoms with Gasteiger partial charge in [-0.25, -0.2) is 4.79 Å². The number of hydrogen-bond donors (Lipinski definition) is 0. The third kappa shape index (κ3) is 5.21. The Kier molecular flexibility index (Phi) is 5.88. The molecule has 0 spiro atoms. The molecule has 1 saturated heterocycles. The molecule has 0 aliphatic carbocycles. The molecule has 24 heavy (non-hydrogen) atoms. The topological polar surface area (TPSA) is 55.8 Å². The summed E-state index contributed by atoms with van der Waals surface area (Å²) in [5, 5.41) is 0.666. The first-order chi connectivity index (χ1) is 11.2. The van der Waals surface area contributed by atoms with Crippen molar-refractivity contribution < 1.29 is 19.1 Å². The maximum Gasteiger partial charge on any atom is 0.410 e. The molecule has 1 aromatic carbocycles. The summed E-state index contributed by atoms with van der Waals surface area (Å²) in [6, 6.07) is 7.30. The Balaban J connectivity index is 2.15. The van der Waals surface area contributed by atoms with Crippen molar-refractivity contribution >= 4 is 23.5 Å². The van der Waals surface area contributed by atoms with E-state index >= 15 is 0 Å². The van der Waals surface area contributed by atoms with Crippen molar-refractivity contribution in [2.75, 3.05) is 13.2 Å². The van der Waals surface area contributed by atoms with Gasteiger partial charge >= 0.3 is 6.09 Å². The molecule has 0 aromatic heterocycles. The Morgan fingerprint density at radius 1 is 1.29 bits per heavy atom. The molecule has 0 bridgehead atoms. The number of amides is 1. The molecule has 1 aliphatic heterocycles. The number of rotatable bonds is 3. The van der Waals surface area contributed by atoms with Gasteiger partial charge in [0, 0.05) is 5.02 Å². The first-order valence-electron chi connectivity index (χ1n) is 8.02. The summed E-state index contributed by atoms with van der Waals surface area (Å²) in [5.41, 5.74) is 0.453. The summed E-state index contributed by atoms with van der Waals surface area (Å²) in [6.45, 7) is 7.44. The van der Waals surface area contributed by atoms with Gasteiger partial charge in [-0.3, -0.25) is 9.69 Å². The highest BCUT2D eigenvalue weighted by molar-refractivity contribution is 6.30. The Morgan fingerprint density at radius 2 is 1.92 bits per heavy atom. The number of carbonyl (C=O) groups excluding carboxylic acids is 2. The fourth-order valence-corrected chi connectivity index (χ4v) is 2.68. The Hall–Kier alpha value is -1.59. The molecule has 1 unspecified atom stereocenters. The summed E-state index contributed by atoms with van der Waals surface area (Å²) >= 11 is 5.91. The maximum atomic E-state index is 12.6. The number of hydrogen-bond acceptors (Lipinski definition) is 4. The van der Waals surface area contributed by atoms with Crippen LogP contribution in [0.1, 0.15) is 33.3 Å². The second kappa shape index (κ2) is 7.53. The lowest BCUT2D eigenvalue weighted by Gasteiger charge is -2.39. The second-order valence-electron chi connectivity index (χ2n) is 7.05. The van der Waals surface area contributed by atoms with Crippen LogP contribution >= 0.6 is 11.6 Å². The van der Waals surface area contributed by atoms with Gasteiger partial charge in [0.2, 0.25) is 0 Å². The smallest absolute Gasteiger partial charge is 0.410 e. The van der Waals surface area contributed by atoms with Crippen LogP contribution in [0.5, 0.6) is 0 Å². The van der Waals surface area contributed by atoms with Crippen molar-refractivity contribution in [3.8, 4) is 0 Å². The van der Waals surface area contributed by atoms with E-state index in [4.69, 9.17) is 21.1 Å². The molecule has 1 heterocycles. The lowest BCUT2D eigenvalue weighted by atomic mass is 10.0. The van der Waals surface area contributed by atoms with Crippen molar-refractivity contribution in [1.29, 1.82) is 0 Å². The molecule has 0 radical (unpaired) electrons. The molecule has 2 atom stereocenters. The van der Waals surface area contributed by atoms with Gasteiger partial charge in [-0.2, -0.15) is 0 Å². The maximum absolute atomic E-state index is 12.6. The van der Waals surface area contributed by atoms with Crippen molar-refractivity contribution in [2.45, 2.75) is 51.9 Å². The zero-order valence-electron chi connectivity index (χ0n) is 14.5. The lowest BCUT2D eigenvalue weighted by molar-refractivity contribution is -0.137. The number of nitrogens with zero attached hydrogens (tertiary/aromatic N) is 1. The average Bonchev–Trinajstić information content (AvgIpc) is 2.48. The predicted molar refractivity (Wildman–Crippen MR) is 92.3 cm³/mol. The number of Topliss-reactive ketones (excluding diaryl/α,β-unsaturated/α-hetero) is 1. The van der Waals surface area contributed by atoms with Crippen LogP contribution in [0.15, 0.2) is 24.3 Å². The predicted octanol–water partition coefficient (Wildman–Crippen LogP) is 3.48. The monoisotopic (exact) mass is 353 g/mol. The summed E-state index contributed by atoms with van der Waals surface area (Å²) in [5.74, 6) is -0.0894. The standard InChI is InChI=1S/C18H24ClNO4/c1-12(21)16-10-20(17(22)24-18(2,3)4)15(11-23-16)9-13-5-7-14(19)8-6-13/h5-8,15-16H,9-11H2,1-4H3/t15?,16-/m1/s1. The largest absolute Gasteiger partial charge is 0.444 e. The molecule has 6 heteroatoms. The highest BCUT2D eigenvalue weighted by Gasteiger charge is 2.36. The van der Waals surface area contributed by atoms with Gasteiger partial charge < -0.3 is 9.47 Å². The van der Waals surface area contributed by atoms with E-state index in [1.807, 2.05) is 45.0 Å². The minimum Gasteiger partial charge on any atom is -0.444 e. The van der Waals surface area contributed by atoms with Crippen LogP contribution < -0.4 is 0 Å². The first kappa shape index (κ1) is 18.7. The van der Waals surface area contributed by atoms with E-state index < -0.39 is 17.8 Å². The molecular formula is C18H24ClNO4. The highest BCUT2D eigenvalue weighted by Crippen LogP contribution is 2.21. The molecule has 2 rings (SSSR count). The molecule has 5 nitrogen and oxygen atoms in total. The van der Waals surface area contributed by atoms with E-state index in [9.17, 15) is 9.59 Å². The zero-order valence-corrected chi connectivity index (χ0v) is 15.3.